The highest BCUT2D eigenvalue weighted by Crippen LogP contribution is 2.10. The zero-order valence-electron chi connectivity index (χ0n) is 10.6. The highest BCUT2D eigenvalue weighted by molar-refractivity contribution is 6.30. The Morgan fingerprint density at radius 2 is 1.70 bits per heavy atom. The topological polar surface area (TPSA) is 72.2 Å². The van der Waals surface area contributed by atoms with Crippen molar-refractivity contribution in [3.63, 3.8) is 0 Å². The first-order chi connectivity index (χ1) is 9.56. The van der Waals surface area contributed by atoms with E-state index in [4.69, 9.17) is 17.3 Å². The molecule has 2 aromatic carbocycles. The summed E-state index contributed by atoms with van der Waals surface area (Å²) in [5.74, 6) is -0.819. The maximum absolute atomic E-state index is 12.0. The first-order valence-corrected chi connectivity index (χ1v) is 6.36. The van der Waals surface area contributed by atoms with Crippen LogP contribution in [-0.2, 0) is 6.54 Å². The fourth-order valence-corrected chi connectivity index (χ4v) is 1.83. The summed E-state index contributed by atoms with van der Waals surface area (Å²) >= 11 is 5.79. The summed E-state index contributed by atoms with van der Waals surface area (Å²) in [5, 5.41) is 3.41. The number of hydrogen-bond acceptors (Lipinski definition) is 2. The van der Waals surface area contributed by atoms with Gasteiger partial charge in [0.15, 0.2) is 0 Å². The van der Waals surface area contributed by atoms with Crippen molar-refractivity contribution in [1.82, 2.24) is 5.32 Å². The molecule has 0 radical (unpaired) electrons. The molecule has 102 valence electrons. The Kier molecular flexibility index (Phi) is 4.38. The van der Waals surface area contributed by atoms with Gasteiger partial charge in [0.05, 0.1) is 0 Å². The summed E-state index contributed by atoms with van der Waals surface area (Å²) in [4.78, 5) is 23.0. The van der Waals surface area contributed by atoms with Gasteiger partial charge < -0.3 is 11.1 Å². The lowest BCUT2D eigenvalue weighted by atomic mass is 10.1. The van der Waals surface area contributed by atoms with Gasteiger partial charge in [-0.3, -0.25) is 9.59 Å². The number of halogens is 1. The van der Waals surface area contributed by atoms with Gasteiger partial charge in [0.2, 0.25) is 5.91 Å². The molecule has 0 spiro atoms. The molecule has 0 bridgehead atoms. The summed E-state index contributed by atoms with van der Waals surface area (Å²) in [7, 11) is 0. The molecule has 0 atom stereocenters. The highest BCUT2D eigenvalue weighted by Gasteiger charge is 2.08. The molecule has 4 nitrogen and oxygen atoms in total. The quantitative estimate of drug-likeness (QED) is 0.906. The van der Waals surface area contributed by atoms with Crippen molar-refractivity contribution in [1.29, 1.82) is 0 Å². The minimum Gasteiger partial charge on any atom is -0.366 e. The van der Waals surface area contributed by atoms with Gasteiger partial charge in [0.1, 0.15) is 0 Å². The van der Waals surface area contributed by atoms with Crippen LogP contribution in [0, 0.1) is 0 Å². The first-order valence-electron chi connectivity index (χ1n) is 5.99. The molecule has 0 aliphatic rings. The van der Waals surface area contributed by atoms with Crippen LogP contribution in [-0.4, -0.2) is 11.8 Å². The second kappa shape index (κ2) is 6.21. The van der Waals surface area contributed by atoms with E-state index in [0.29, 0.717) is 22.7 Å². The molecule has 5 heteroatoms. The summed E-state index contributed by atoms with van der Waals surface area (Å²) in [5.41, 5.74) is 6.83. The largest absolute Gasteiger partial charge is 0.366 e. The Hall–Kier alpha value is -2.33. The molecule has 0 fully saturated rings. The van der Waals surface area contributed by atoms with Crippen LogP contribution in [0.1, 0.15) is 26.3 Å². The van der Waals surface area contributed by atoms with Crippen LogP contribution >= 0.6 is 11.6 Å². The summed E-state index contributed by atoms with van der Waals surface area (Å²) in [6.07, 6.45) is 0. The maximum atomic E-state index is 12.0. The molecule has 3 N–H and O–H groups in total. The monoisotopic (exact) mass is 288 g/mol. The molecule has 2 rings (SSSR count). The number of hydrogen-bond donors (Lipinski definition) is 2. The molecule has 0 saturated heterocycles. The van der Waals surface area contributed by atoms with Crippen LogP contribution in [0.25, 0.3) is 0 Å². The first kappa shape index (κ1) is 14.1. The third-order valence-corrected chi connectivity index (χ3v) is 3.03. The summed E-state index contributed by atoms with van der Waals surface area (Å²) in [6, 6.07) is 13.5. The maximum Gasteiger partial charge on any atom is 0.251 e. The Morgan fingerprint density at radius 1 is 1.05 bits per heavy atom. The molecular weight excluding hydrogens is 276 g/mol. The number of nitrogens with two attached hydrogens (primary N) is 1. The van der Waals surface area contributed by atoms with Gasteiger partial charge in [-0.1, -0.05) is 29.8 Å². The van der Waals surface area contributed by atoms with E-state index in [9.17, 15) is 9.59 Å². The Balaban J connectivity index is 2.03. The minimum absolute atomic E-state index is 0.261. The second-order valence-corrected chi connectivity index (χ2v) is 4.69. The van der Waals surface area contributed by atoms with Gasteiger partial charge in [-0.15, -0.1) is 0 Å². The number of amides is 2. The lowest BCUT2D eigenvalue weighted by Gasteiger charge is -2.06. The second-order valence-electron chi connectivity index (χ2n) is 4.25. The number of carbonyl (C=O) groups is 2. The normalized spacial score (nSPS) is 10.1. The van der Waals surface area contributed by atoms with Crippen molar-refractivity contribution in [2.75, 3.05) is 0 Å². The predicted molar refractivity (Wildman–Crippen MR) is 77.6 cm³/mol. The van der Waals surface area contributed by atoms with Crippen LogP contribution in [0.2, 0.25) is 5.02 Å². The number of nitrogens with one attached hydrogen (secondary N) is 1. The van der Waals surface area contributed by atoms with Gasteiger partial charge in [0.25, 0.3) is 5.91 Å². The van der Waals surface area contributed by atoms with Gasteiger partial charge in [0, 0.05) is 22.7 Å². The van der Waals surface area contributed by atoms with E-state index in [1.165, 1.54) is 6.07 Å². The van der Waals surface area contributed by atoms with Crippen LogP contribution in [0.4, 0.5) is 0 Å². The van der Waals surface area contributed by atoms with Gasteiger partial charge in [-0.25, -0.2) is 0 Å². The SMILES string of the molecule is NC(=O)c1cccc(C(=O)NCc2ccc(Cl)cc2)c1. The molecule has 0 unspecified atom stereocenters. The predicted octanol–water partition coefficient (Wildman–Crippen LogP) is 2.37. The Bertz CT molecular complexity index is 639. The molecule has 2 aromatic rings. The van der Waals surface area contributed by atoms with Crippen molar-refractivity contribution in [3.05, 3.63) is 70.2 Å². The number of rotatable bonds is 4. The Morgan fingerprint density at radius 3 is 2.35 bits per heavy atom. The van der Waals surface area contributed by atoms with Gasteiger partial charge in [-0.2, -0.15) is 0 Å². The summed E-state index contributed by atoms with van der Waals surface area (Å²) < 4.78 is 0. The van der Waals surface area contributed by atoms with Crippen molar-refractivity contribution >= 4 is 23.4 Å². The molecule has 0 saturated carbocycles. The third kappa shape index (κ3) is 3.59. The highest BCUT2D eigenvalue weighted by atomic mass is 35.5. The Labute approximate surface area is 121 Å². The average Bonchev–Trinajstić information content (AvgIpc) is 2.46. The lowest BCUT2D eigenvalue weighted by Crippen LogP contribution is -2.23. The zero-order chi connectivity index (χ0) is 14.5. The van der Waals surface area contributed by atoms with E-state index in [0.717, 1.165) is 5.56 Å². The van der Waals surface area contributed by atoms with E-state index in [1.807, 2.05) is 12.1 Å². The van der Waals surface area contributed by atoms with Gasteiger partial charge in [-0.05, 0) is 35.9 Å². The van der Waals surface area contributed by atoms with Crippen LogP contribution < -0.4 is 11.1 Å². The molecule has 0 aliphatic heterocycles. The number of primary amides is 1. The molecular formula is C15H13ClN2O2. The van der Waals surface area contributed by atoms with Crippen molar-refractivity contribution in [3.8, 4) is 0 Å². The van der Waals surface area contributed by atoms with E-state index < -0.39 is 5.91 Å². The molecule has 0 aromatic heterocycles. The molecule has 20 heavy (non-hydrogen) atoms. The van der Waals surface area contributed by atoms with E-state index >= 15 is 0 Å². The molecule has 0 aliphatic carbocycles. The van der Waals surface area contributed by atoms with E-state index in [-0.39, 0.29) is 5.91 Å². The van der Waals surface area contributed by atoms with E-state index in [2.05, 4.69) is 5.32 Å². The lowest BCUT2D eigenvalue weighted by molar-refractivity contribution is 0.0951. The van der Waals surface area contributed by atoms with Crippen LogP contribution in [0.15, 0.2) is 48.5 Å². The standard InChI is InChI=1S/C15H13ClN2O2/c16-13-6-4-10(5-7-13)9-18-15(20)12-3-1-2-11(8-12)14(17)19/h1-8H,9H2,(H2,17,19)(H,18,20). The van der Waals surface area contributed by atoms with Crippen molar-refractivity contribution < 1.29 is 9.59 Å². The van der Waals surface area contributed by atoms with E-state index in [1.54, 1.807) is 30.3 Å². The number of benzene rings is 2. The molecule has 0 heterocycles. The fourth-order valence-electron chi connectivity index (χ4n) is 1.70. The van der Waals surface area contributed by atoms with Crippen molar-refractivity contribution in [2.45, 2.75) is 6.54 Å². The summed E-state index contributed by atoms with van der Waals surface area (Å²) in [6.45, 7) is 0.386. The minimum atomic E-state index is -0.558. The van der Waals surface area contributed by atoms with Crippen molar-refractivity contribution in [2.24, 2.45) is 5.73 Å². The molecule has 2 amide bonds. The van der Waals surface area contributed by atoms with Crippen LogP contribution in [0.3, 0.4) is 0 Å². The van der Waals surface area contributed by atoms with Crippen LogP contribution in [0.5, 0.6) is 0 Å². The average molecular weight is 289 g/mol. The third-order valence-electron chi connectivity index (χ3n) is 2.78. The zero-order valence-corrected chi connectivity index (χ0v) is 11.4. The fraction of sp³-hybridized carbons (Fsp3) is 0.0667. The smallest absolute Gasteiger partial charge is 0.251 e. The van der Waals surface area contributed by atoms with Gasteiger partial charge >= 0.3 is 0 Å². The number of carbonyl (C=O) groups excluding carboxylic acids is 2.